The second-order valence-electron chi connectivity index (χ2n) is 4.40. The zero-order valence-electron chi connectivity index (χ0n) is 11.4. The van der Waals surface area contributed by atoms with Gasteiger partial charge in [-0.15, -0.1) is 6.42 Å². The molecular weight excluding hydrogens is 394 g/mol. The van der Waals surface area contributed by atoms with E-state index in [4.69, 9.17) is 11.2 Å². The van der Waals surface area contributed by atoms with Crippen molar-refractivity contribution in [3.8, 4) is 18.1 Å². The van der Waals surface area contributed by atoms with Crippen molar-refractivity contribution in [2.24, 2.45) is 4.99 Å². The van der Waals surface area contributed by atoms with Crippen LogP contribution >= 0.6 is 31.9 Å². The molecule has 2 nitrogen and oxygen atoms in total. The first kappa shape index (κ1) is 15.8. The number of hydrogen-bond donors (Lipinski definition) is 0. The van der Waals surface area contributed by atoms with Crippen LogP contribution < -0.4 is 4.74 Å². The SMILES string of the molecule is C#CCOc1c(Br)cc(C=Nc2ccc(C)cc2)cc1Br. The normalized spacial score (nSPS) is 10.6. The molecule has 0 aromatic heterocycles. The van der Waals surface area contributed by atoms with E-state index in [0.717, 1.165) is 20.2 Å². The van der Waals surface area contributed by atoms with Crippen LogP contribution in [0.3, 0.4) is 0 Å². The maximum Gasteiger partial charge on any atom is 0.149 e. The average Bonchev–Trinajstić information content (AvgIpc) is 2.46. The van der Waals surface area contributed by atoms with Crippen molar-refractivity contribution >= 4 is 43.8 Å². The monoisotopic (exact) mass is 405 g/mol. The van der Waals surface area contributed by atoms with E-state index in [2.05, 4.69) is 49.7 Å². The van der Waals surface area contributed by atoms with Crippen molar-refractivity contribution in [1.29, 1.82) is 0 Å². The molecule has 0 aliphatic heterocycles. The Morgan fingerprint density at radius 3 is 2.38 bits per heavy atom. The standard InChI is InChI=1S/C17H13Br2NO/c1-3-8-21-17-15(18)9-13(10-16(17)19)11-20-14-6-4-12(2)5-7-14/h1,4-7,9-11H,8H2,2H3. The van der Waals surface area contributed by atoms with E-state index in [1.165, 1.54) is 5.56 Å². The molecule has 0 bridgehead atoms. The molecule has 21 heavy (non-hydrogen) atoms. The highest BCUT2D eigenvalue weighted by Crippen LogP contribution is 2.34. The molecule has 0 fully saturated rings. The summed E-state index contributed by atoms with van der Waals surface area (Å²) in [6.45, 7) is 2.28. The summed E-state index contributed by atoms with van der Waals surface area (Å²) in [5.74, 6) is 3.14. The molecule has 0 unspecified atom stereocenters. The van der Waals surface area contributed by atoms with Crippen LogP contribution in [-0.4, -0.2) is 12.8 Å². The Balaban J connectivity index is 2.21. The fourth-order valence-corrected chi connectivity index (χ4v) is 3.14. The van der Waals surface area contributed by atoms with Crippen molar-refractivity contribution in [3.63, 3.8) is 0 Å². The van der Waals surface area contributed by atoms with Crippen molar-refractivity contribution in [2.45, 2.75) is 6.92 Å². The lowest BCUT2D eigenvalue weighted by molar-refractivity contribution is 0.365. The average molecular weight is 407 g/mol. The largest absolute Gasteiger partial charge is 0.479 e. The number of hydrogen-bond acceptors (Lipinski definition) is 2. The molecule has 0 saturated carbocycles. The number of aliphatic imine (C=N–C) groups is 1. The van der Waals surface area contributed by atoms with E-state index in [1.54, 1.807) is 0 Å². The van der Waals surface area contributed by atoms with Gasteiger partial charge in [0.05, 0.1) is 14.6 Å². The summed E-state index contributed by atoms with van der Waals surface area (Å²) < 4.78 is 7.14. The van der Waals surface area contributed by atoms with Gasteiger partial charge in [-0.25, -0.2) is 0 Å². The van der Waals surface area contributed by atoms with Gasteiger partial charge in [0.1, 0.15) is 12.4 Å². The van der Waals surface area contributed by atoms with Crippen LogP contribution in [0.2, 0.25) is 0 Å². The smallest absolute Gasteiger partial charge is 0.149 e. The lowest BCUT2D eigenvalue weighted by atomic mass is 10.2. The Hall–Kier alpha value is -1.57. The lowest BCUT2D eigenvalue weighted by Crippen LogP contribution is -1.96. The molecular formula is C17H13Br2NO. The highest BCUT2D eigenvalue weighted by atomic mass is 79.9. The Kier molecular flexibility index (Phi) is 5.60. The van der Waals surface area contributed by atoms with Crippen molar-refractivity contribution in [3.05, 3.63) is 56.5 Å². The van der Waals surface area contributed by atoms with Gasteiger partial charge >= 0.3 is 0 Å². The number of halogens is 2. The summed E-state index contributed by atoms with van der Waals surface area (Å²) in [4.78, 5) is 4.45. The first-order valence-corrected chi connectivity index (χ1v) is 7.85. The fraction of sp³-hybridized carbons (Fsp3) is 0.118. The second kappa shape index (κ2) is 7.44. The summed E-state index contributed by atoms with van der Waals surface area (Å²) in [5, 5.41) is 0. The summed E-state index contributed by atoms with van der Waals surface area (Å²) in [6, 6.07) is 11.9. The summed E-state index contributed by atoms with van der Waals surface area (Å²) in [6.07, 6.45) is 7.01. The van der Waals surface area contributed by atoms with Crippen molar-refractivity contribution in [1.82, 2.24) is 0 Å². The maximum atomic E-state index is 5.47. The van der Waals surface area contributed by atoms with Crippen molar-refractivity contribution in [2.75, 3.05) is 6.61 Å². The zero-order chi connectivity index (χ0) is 15.2. The van der Waals surface area contributed by atoms with E-state index < -0.39 is 0 Å². The van der Waals surface area contributed by atoms with Crippen LogP contribution in [-0.2, 0) is 0 Å². The number of rotatable bonds is 4. The third-order valence-electron chi connectivity index (χ3n) is 2.72. The summed E-state index contributed by atoms with van der Waals surface area (Å²) >= 11 is 6.96. The van der Waals surface area contributed by atoms with Gasteiger partial charge in [0.2, 0.25) is 0 Å². The van der Waals surface area contributed by atoms with Crippen molar-refractivity contribution < 1.29 is 4.74 Å². The molecule has 2 rings (SSSR count). The second-order valence-corrected chi connectivity index (χ2v) is 6.11. The van der Waals surface area contributed by atoms with E-state index in [-0.39, 0.29) is 6.61 Å². The minimum absolute atomic E-state index is 0.230. The number of terminal acetylenes is 1. The molecule has 0 aliphatic rings. The van der Waals surface area contributed by atoms with Gasteiger partial charge in [-0.2, -0.15) is 0 Å². The molecule has 0 N–H and O–H groups in total. The Bertz CT molecular complexity index is 677. The summed E-state index contributed by atoms with van der Waals surface area (Å²) in [5.41, 5.74) is 3.09. The predicted octanol–water partition coefficient (Wildman–Crippen LogP) is 5.28. The highest BCUT2D eigenvalue weighted by Gasteiger charge is 2.07. The maximum absolute atomic E-state index is 5.47. The van der Waals surface area contributed by atoms with Gasteiger partial charge in [-0.3, -0.25) is 4.99 Å². The minimum atomic E-state index is 0.230. The Labute approximate surface area is 141 Å². The number of benzene rings is 2. The fourth-order valence-electron chi connectivity index (χ4n) is 1.69. The molecule has 0 atom stereocenters. The molecule has 0 saturated heterocycles. The van der Waals surface area contributed by atoms with Crippen LogP contribution in [0.1, 0.15) is 11.1 Å². The third-order valence-corrected chi connectivity index (χ3v) is 3.90. The molecule has 0 heterocycles. The topological polar surface area (TPSA) is 21.6 Å². The summed E-state index contributed by atoms with van der Waals surface area (Å²) in [7, 11) is 0. The quantitative estimate of drug-likeness (QED) is 0.499. The van der Waals surface area contributed by atoms with E-state index in [1.807, 2.05) is 42.6 Å². The Morgan fingerprint density at radius 2 is 1.81 bits per heavy atom. The van der Waals surface area contributed by atoms with Gasteiger partial charge in [0, 0.05) is 6.21 Å². The number of aryl methyl sites for hydroxylation is 1. The minimum Gasteiger partial charge on any atom is -0.479 e. The van der Waals surface area contributed by atoms with Gasteiger partial charge < -0.3 is 4.74 Å². The van der Waals surface area contributed by atoms with Gasteiger partial charge in [-0.05, 0) is 68.6 Å². The number of nitrogens with zero attached hydrogens (tertiary/aromatic N) is 1. The molecule has 0 radical (unpaired) electrons. The van der Waals surface area contributed by atoms with E-state index >= 15 is 0 Å². The number of ether oxygens (including phenoxy) is 1. The van der Waals surface area contributed by atoms with Gasteiger partial charge in [-0.1, -0.05) is 23.6 Å². The zero-order valence-corrected chi connectivity index (χ0v) is 14.6. The molecule has 2 aromatic carbocycles. The van der Waals surface area contributed by atoms with E-state index in [9.17, 15) is 0 Å². The Morgan fingerprint density at radius 1 is 1.19 bits per heavy atom. The van der Waals surface area contributed by atoms with E-state index in [0.29, 0.717) is 5.75 Å². The first-order valence-electron chi connectivity index (χ1n) is 6.26. The van der Waals surface area contributed by atoms with Crippen LogP contribution in [0.4, 0.5) is 5.69 Å². The van der Waals surface area contributed by atoms with Gasteiger partial charge in [0.15, 0.2) is 0 Å². The third kappa shape index (κ3) is 4.45. The molecule has 4 heteroatoms. The highest BCUT2D eigenvalue weighted by molar-refractivity contribution is 9.11. The molecule has 0 amide bonds. The predicted molar refractivity (Wildman–Crippen MR) is 94.6 cm³/mol. The molecule has 0 spiro atoms. The molecule has 2 aromatic rings. The molecule has 106 valence electrons. The lowest BCUT2D eigenvalue weighted by Gasteiger charge is -2.08. The first-order chi connectivity index (χ1) is 10.1. The van der Waals surface area contributed by atoms with Crippen LogP contribution in [0, 0.1) is 19.3 Å². The van der Waals surface area contributed by atoms with Gasteiger partial charge in [0.25, 0.3) is 0 Å². The van der Waals surface area contributed by atoms with Crippen LogP contribution in [0.5, 0.6) is 5.75 Å². The van der Waals surface area contributed by atoms with Crippen LogP contribution in [0.25, 0.3) is 0 Å². The van der Waals surface area contributed by atoms with Crippen LogP contribution in [0.15, 0.2) is 50.3 Å². The molecule has 0 aliphatic carbocycles.